The SMILES string of the molecule is CC1CCNC1C(=O)Nc1ccc2ncsc2c1. The van der Waals surface area contributed by atoms with Crippen LogP contribution >= 0.6 is 11.3 Å². The van der Waals surface area contributed by atoms with Gasteiger partial charge in [0, 0.05) is 5.69 Å². The molecule has 1 amide bonds. The van der Waals surface area contributed by atoms with E-state index in [2.05, 4.69) is 22.5 Å². The zero-order valence-corrected chi connectivity index (χ0v) is 11.0. The first-order chi connectivity index (χ1) is 8.74. The molecule has 4 nitrogen and oxygen atoms in total. The molecule has 2 atom stereocenters. The number of carbonyl (C=O) groups excluding carboxylic acids is 1. The van der Waals surface area contributed by atoms with Crippen molar-refractivity contribution in [1.29, 1.82) is 0 Å². The number of thiazole rings is 1. The van der Waals surface area contributed by atoms with E-state index in [9.17, 15) is 4.79 Å². The van der Waals surface area contributed by atoms with Crippen molar-refractivity contribution in [2.24, 2.45) is 5.92 Å². The van der Waals surface area contributed by atoms with Crippen molar-refractivity contribution in [3.63, 3.8) is 0 Å². The van der Waals surface area contributed by atoms with Gasteiger partial charge in [-0.25, -0.2) is 4.98 Å². The predicted octanol–water partition coefficient (Wildman–Crippen LogP) is 2.23. The fourth-order valence-corrected chi connectivity index (χ4v) is 3.05. The first-order valence-corrected chi connectivity index (χ1v) is 6.99. The highest BCUT2D eigenvalue weighted by Gasteiger charge is 2.29. The number of nitrogens with zero attached hydrogens (tertiary/aromatic N) is 1. The van der Waals surface area contributed by atoms with Gasteiger partial charge in [0.2, 0.25) is 5.91 Å². The molecular formula is C13H15N3OS. The average molecular weight is 261 g/mol. The molecule has 18 heavy (non-hydrogen) atoms. The Bertz CT molecular complexity index is 580. The second-order valence-electron chi connectivity index (χ2n) is 4.72. The molecule has 0 spiro atoms. The minimum absolute atomic E-state index is 0.0591. The van der Waals surface area contributed by atoms with Gasteiger partial charge in [-0.2, -0.15) is 0 Å². The molecule has 1 fully saturated rings. The van der Waals surface area contributed by atoms with Gasteiger partial charge in [-0.15, -0.1) is 11.3 Å². The lowest BCUT2D eigenvalue weighted by molar-refractivity contribution is -0.118. The van der Waals surface area contributed by atoms with Gasteiger partial charge in [0.1, 0.15) is 0 Å². The summed E-state index contributed by atoms with van der Waals surface area (Å²) in [6.45, 7) is 3.03. The maximum atomic E-state index is 12.1. The van der Waals surface area contributed by atoms with E-state index in [-0.39, 0.29) is 11.9 Å². The number of carbonyl (C=O) groups is 1. The van der Waals surface area contributed by atoms with E-state index in [4.69, 9.17) is 0 Å². The van der Waals surface area contributed by atoms with Crippen molar-refractivity contribution in [2.75, 3.05) is 11.9 Å². The third kappa shape index (κ3) is 2.11. The number of hydrogen-bond acceptors (Lipinski definition) is 4. The van der Waals surface area contributed by atoms with Crippen LogP contribution in [0.15, 0.2) is 23.7 Å². The van der Waals surface area contributed by atoms with Crippen molar-refractivity contribution >= 4 is 33.1 Å². The highest BCUT2D eigenvalue weighted by molar-refractivity contribution is 7.16. The zero-order chi connectivity index (χ0) is 12.5. The number of rotatable bonds is 2. The Morgan fingerprint density at radius 3 is 3.22 bits per heavy atom. The van der Waals surface area contributed by atoms with Crippen LogP contribution in [-0.4, -0.2) is 23.5 Å². The van der Waals surface area contributed by atoms with E-state index in [0.29, 0.717) is 5.92 Å². The lowest BCUT2D eigenvalue weighted by Gasteiger charge is -2.15. The van der Waals surface area contributed by atoms with Crippen molar-refractivity contribution in [1.82, 2.24) is 10.3 Å². The molecule has 1 aliphatic heterocycles. The number of amides is 1. The topological polar surface area (TPSA) is 54.0 Å². The highest BCUT2D eigenvalue weighted by Crippen LogP contribution is 2.23. The third-order valence-corrected chi connectivity index (χ3v) is 4.21. The zero-order valence-electron chi connectivity index (χ0n) is 10.1. The molecule has 1 saturated heterocycles. The second kappa shape index (κ2) is 4.66. The van der Waals surface area contributed by atoms with Gasteiger partial charge in [-0.05, 0) is 37.1 Å². The first-order valence-electron chi connectivity index (χ1n) is 6.11. The minimum Gasteiger partial charge on any atom is -0.325 e. The number of aromatic nitrogens is 1. The Morgan fingerprint density at radius 1 is 1.56 bits per heavy atom. The molecule has 1 aromatic heterocycles. The summed E-state index contributed by atoms with van der Waals surface area (Å²) in [6, 6.07) is 5.75. The Hall–Kier alpha value is -1.46. The van der Waals surface area contributed by atoms with Crippen LogP contribution < -0.4 is 10.6 Å². The molecule has 2 unspecified atom stereocenters. The monoisotopic (exact) mass is 261 g/mol. The van der Waals surface area contributed by atoms with Gasteiger partial charge in [0.05, 0.1) is 21.8 Å². The standard InChI is InChI=1S/C13H15N3OS/c1-8-4-5-14-12(8)13(17)16-9-2-3-10-11(6-9)18-7-15-10/h2-3,6-8,12,14H,4-5H2,1H3,(H,16,17). The first kappa shape index (κ1) is 11.6. The van der Waals surface area contributed by atoms with Gasteiger partial charge in [0.25, 0.3) is 0 Å². The summed E-state index contributed by atoms with van der Waals surface area (Å²) in [6.07, 6.45) is 1.06. The normalized spacial score (nSPS) is 23.4. The van der Waals surface area contributed by atoms with Crippen LogP contribution in [0.3, 0.4) is 0 Å². The summed E-state index contributed by atoms with van der Waals surface area (Å²) in [5.74, 6) is 0.459. The highest BCUT2D eigenvalue weighted by atomic mass is 32.1. The van der Waals surface area contributed by atoms with Gasteiger partial charge in [-0.3, -0.25) is 4.79 Å². The van der Waals surface area contributed by atoms with E-state index in [0.717, 1.165) is 28.9 Å². The molecule has 2 aromatic rings. The molecule has 94 valence electrons. The largest absolute Gasteiger partial charge is 0.325 e. The van der Waals surface area contributed by atoms with Crippen LogP contribution in [0, 0.1) is 5.92 Å². The van der Waals surface area contributed by atoms with E-state index in [1.165, 1.54) is 0 Å². The maximum Gasteiger partial charge on any atom is 0.241 e. The number of nitrogens with one attached hydrogen (secondary N) is 2. The minimum atomic E-state index is -0.0674. The molecule has 1 aromatic carbocycles. The Kier molecular flexibility index (Phi) is 3.01. The lowest BCUT2D eigenvalue weighted by Crippen LogP contribution is -2.39. The number of anilines is 1. The van der Waals surface area contributed by atoms with Crippen molar-refractivity contribution in [3.05, 3.63) is 23.7 Å². The van der Waals surface area contributed by atoms with E-state index < -0.39 is 0 Å². The number of hydrogen-bond donors (Lipinski definition) is 2. The molecule has 1 aliphatic rings. The van der Waals surface area contributed by atoms with Gasteiger partial charge >= 0.3 is 0 Å². The fourth-order valence-electron chi connectivity index (χ4n) is 2.34. The molecule has 2 heterocycles. The summed E-state index contributed by atoms with van der Waals surface area (Å²) in [4.78, 5) is 16.3. The molecular weight excluding hydrogens is 246 g/mol. The molecule has 3 rings (SSSR count). The van der Waals surface area contributed by atoms with Crippen molar-refractivity contribution in [3.8, 4) is 0 Å². The molecule has 5 heteroatoms. The van der Waals surface area contributed by atoms with Crippen LogP contribution in [0.5, 0.6) is 0 Å². The number of fused-ring (bicyclic) bond motifs is 1. The lowest BCUT2D eigenvalue weighted by atomic mass is 10.0. The van der Waals surface area contributed by atoms with Crippen molar-refractivity contribution in [2.45, 2.75) is 19.4 Å². The molecule has 0 saturated carbocycles. The summed E-state index contributed by atoms with van der Waals surface area (Å²) in [5.41, 5.74) is 3.64. The van der Waals surface area contributed by atoms with Gasteiger partial charge in [-0.1, -0.05) is 6.92 Å². The van der Waals surface area contributed by atoms with Gasteiger partial charge in [0.15, 0.2) is 0 Å². The van der Waals surface area contributed by atoms with Gasteiger partial charge < -0.3 is 10.6 Å². The predicted molar refractivity (Wildman–Crippen MR) is 73.8 cm³/mol. The van der Waals surface area contributed by atoms with Crippen LogP contribution in [0.1, 0.15) is 13.3 Å². The second-order valence-corrected chi connectivity index (χ2v) is 5.61. The average Bonchev–Trinajstić information content (AvgIpc) is 2.96. The Morgan fingerprint density at radius 2 is 2.44 bits per heavy atom. The summed E-state index contributed by atoms with van der Waals surface area (Å²) in [7, 11) is 0. The van der Waals surface area contributed by atoms with Crippen LogP contribution in [-0.2, 0) is 4.79 Å². The molecule has 0 aliphatic carbocycles. The Balaban J connectivity index is 1.77. The third-order valence-electron chi connectivity index (χ3n) is 3.41. The molecule has 2 N–H and O–H groups in total. The quantitative estimate of drug-likeness (QED) is 0.871. The fraction of sp³-hybridized carbons (Fsp3) is 0.385. The Labute approximate surface area is 109 Å². The maximum absolute atomic E-state index is 12.1. The summed E-state index contributed by atoms with van der Waals surface area (Å²) >= 11 is 1.58. The van der Waals surface area contributed by atoms with E-state index in [1.807, 2.05) is 23.7 Å². The van der Waals surface area contributed by atoms with E-state index >= 15 is 0 Å². The van der Waals surface area contributed by atoms with Crippen molar-refractivity contribution < 1.29 is 4.79 Å². The van der Waals surface area contributed by atoms with E-state index in [1.54, 1.807) is 11.3 Å². The number of benzene rings is 1. The molecule has 0 bridgehead atoms. The van der Waals surface area contributed by atoms with Crippen LogP contribution in [0.4, 0.5) is 5.69 Å². The summed E-state index contributed by atoms with van der Waals surface area (Å²) in [5, 5.41) is 6.21. The van der Waals surface area contributed by atoms with Crippen LogP contribution in [0.2, 0.25) is 0 Å². The molecule has 0 radical (unpaired) electrons. The summed E-state index contributed by atoms with van der Waals surface area (Å²) < 4.78 is 1.10. The van der Waals surface area contributed by atoms with Crippen LogP contribution in [0.25, 0.3) is 10.2 Å². The smallest absolute Gasteiger partial charge is 0.241 e.